The van der Waals surface area contributed by atoms with E-state index in [0.717, 1.165) is 0 Å². The fourth-order valence-corrected chi connectivity index (χ4v) is 3.58. The van der Waals surface area contributed by atoms with Gasteiger partial charge in [-0.2, -0.15) is 0 Å². The average molecular weight is 347 g/mol. The molecule has 1 heterocycles. The maximum atomic E-state index is 4.13. The van der Waals surface area contributed by atoms with Crippen molar-refractivity contribution in [1.29, 1.82) is 0 Å². The zero-order valence-corrected chi connectivity index (χ0v) is 16.8. The molecule has 2 heteroatoms. The summed E-state index contributed by atoms with van der Waals surface area (Å²) in [4.78, 5) is 4.13. The molecule has 1 rings (SSSR count). The molecule has 0 spiro atoms. The minimum atomic E-state index is 0.421. The molecule has 2 nitrogen and oxygen atoms in total. The SMILES string of the molecule is C=CC(CCCCCCCCCCCCCCCCC)n1ccnc1. The van der Waals surface area contributed by atoms with E-state index in [1.54, 1.807) is 0 Å². The van der Waals surface area contributed by atoms with Crippen LogP contribution < -0.4 is 0 Å². The average Bonchev–Trinajstić information content (AvgIpc) is 3.16. The maximum absolute atomic E-state index is 4.13. The van der Waals surface area contributed by atoms with Gasteiger partial charge >= 0.3 is 0 Å². The van der Waals surface area contributed by atoms with Crippen LogP contribution >= 0.6 is 0 Å². The highest BCUT2D eigenvalue weighted by molar-refractivity contribution is 4.89. The fourth-order valence-electron chi connectivity index (χ4n) is 3.58. The number of rotatable bonds is 18. The largest absolute Gasteiger partial charge is 0.331 e. The van der Waals surface area contributed by atoms with E-state index in [4.69, 9.17) is 0 Å². The van der Waals surface area contributed by atoms with Crippen LogP contribution in [0.3, 0.4) is 0 Å². The number of nitrogens with zero attached hydrogens (tertiary/aromatic N) is 2. The van der Waals surface area contributed by atoms with Crippen molar-refractivity contribution in [3.8, 4) is 0 Å². The summed E-state index contributed by atoms with van der Waals surface area (Å²) in [6, 6.07) is 0.421. The Hall–Kier alpha value is -1.05. The van der Waals surface area contributed by atoms with Crippen molar-refractivity contribution in [2.75, 3.05) is 0 Å². The van der Waals surface area contributed by atoms with Gasteiger partial charge in [-0.05, 0) is 6.42 Å². The lowest BCUT2D eigenvalue weighted by molar-refractivity contribution is 0.495. The zero-order chi connectivity index (χ0) is 18.0. The second-order valence-corrected chi connectivity index (χ2v) is 7.55. The second kappa shape index (κ2) is 16.4. The van der Waals surface area contributed by atoms with E-state index >= 15 is 0 Å². The Morgan fingerprint density at radius 1 is 0.800 bits per heavy atom. The predicted octanol–water partition coefficient (Wildman–Crippen LogP) is 7.87. The summed E-state index contributed by atoms with van der Waals surface area (Å²) in [6.45, 7) is 6.25. The van der Waals surface area contributed by atoms with Crippen molar-refractivity contribution in [3.05, 3.63) is 31.4 Å². The van der Waals surface area contributed by atoms with E-state index in [1.807, 2.05) is 24.8 Å². The summed E-state index contributed by atoms with van der Waals surface area (Å²) in [5.41, 5.74) is 0. The number of imidazole rings is 1. The molecule has 1 aromatic rings. The Labute approximate surface area is 157 Å². The lowest BCUT2D eigenvalue weighted by Crippen LogP contribution is -2.03. The summed E-state index contributed by atoms with van der Waals surface area (Å²) in [6.07, 6.45) is 30.4. The molecule has 0 radical (unpaired) electrons. The van der Waals surface area contributed by atoms with Crippen LogP contribution in [-0.2, 0) is 0 Å². The molecule has 0 saturated heterocycles. The van der Waals surface area contributed by atoms with Gasteiger partial charge in [-0.1, -0.05) is 109 Å². The highest BCUT2D eigenvalue weighted by Gasteiger charge is 2.04. The molecule has 25 heavy (non-hydrogen) atoms. The van der Waals surface area contributed by atoms with Gasteiger partial charge in [-0.25, -0.2) is 4.98 Å². The molecule has 0 aliphatic heterocycles. The normalized spacial score (nSPS) is 12.4. The lowest BCUT2D eigenvalue weighted by atomic mass is 10.0. The predicted molar refractivity (Wildman–Crippen MR) is 111 cm³/mol. The van der Waals surface area contributed by atoms with Gasteiger partial charge in [0.15, 0.2) is 0 Å². The fraction of sp³-hybridized carbons (Fsp3) is 0.783. The first kappa shape index (κ1) is 22.0. The number of hydrogen-bond acceptors (Lipinski definition) is 1. The molecule has 0 aliphatic rings. The molecule has 0 amide bonds. The third kappa shape index (κ3) is 12.0. The minimum Gasteiger partial charge on any atom is -0.331 e. The van der Waals surface area contributed by atoms with Gasteiger partial charge in [0.2, 0.25) is 0 Å². The van der Waals surface area contributed by atoms with Gasteiger partial charge < -0.3 is 4.57 Å². The van der Waals surface area contributed by atoms with Crippen molar-refractivity contribution < 1.29 is 0 Å². The Bertz CT molecular complexity index is 383. The first-order chi connectivity index (χ1) is 12.4. The Morgan fingerprint density at radius 3 is 1.68 bits per heavy atom. The van der Waals surface area contributed by atoms with Crippen molar-refractivity contribution in [2.45, 2.75) is 116 Å². The van der Waals surface area contributed by atoms with Gasteiger partial charge in [0.05, 0.1) is 12.4 Å². The van der Waals surface area contributed by atoms with Gasteiger partial charge in [-0.3, -0.25) is 0 Å². The number of allylic oxidation sites excluding steroid dienone is 1. The molecule has 0 bridgehead atoms. The minimum absolute atomic E-state index is 0.421. The molecular weight excluding hydrogens is 304 g/mol. The van der Waals surface area contributed by atoms with E-state index in [2.05, 4.69) is 23.1 Å². The molecule has 1 unspecified atom stereocenters. The van der Waals surface area contributed by atoms with Crippen LogP contribution in [0.1, 0.15) is 116 Å². The Morgan fingerprint density at radius 2 is 1.28 bits per heavy atom. The number of aromatic nitrogens is 2. The third-order valence-electron chi connectivity index (χ3n) is 5.28. The smallest absolute Gasteiger partial charge is 0.0951 e. The monoisotopic (exact) mass is 346 g/mol. The van der Waals surface area contributed by atoms with Crippen LogP contribution in [-0.4, -0.2) is 9.55 Å². The van der Waals surface area contributed by atoms with Crippen molar-refractivity contribution in [2.24, 2.45) is 0 Å². The molecule has 1 atom stereocenters. The van der Waals surface area contributed by atoms with Gasteiger partial charge in [0.25, 0.3) is 0 Å². The highest BCUT2D eigenvalue weighted by atomic mass is 15.0. The van der Waals surface area contributed by atoms with Crippen LogP contribution in [0.2, 0.25) is 0 Å². The summed E-state index contributed by atoms with van der Waals surface area (Å²) in [5.74, 6) is 0. The zero-order valence-electron chi connectivity index (χ0n) is 16.8. The summed E-state index contributed by atoms with van der Waals surface area (Å²) in [5, 5.41) is 0. The van der Waals surface area contributed by atoms with Crippen LogP contribution in [0.25, 0.3) is 0 Å². The summed E-state index contributed by atoms with van der Waals surface area (Å²) >= 11 is 0. The van der Waals surface area contributed by atoms with Crippen molar-refractivity contribution in [1.82, 2.24) is 9.55 Å². The third-order valence-corrected chi connectivity index (χ3v) is 5.28. The first-order valence-corrected chi connectivity index (χ1v) is 11.0. The number of unbranched alkanes of at least 4 members (excludes halogenated alkanes) is 14. The lowest BCUT2D eigenvalue weighted by Gasteiger charge is -2.13. The van der Waals surface area contributed by atoms with Crippen LogP contribution in [0, 0.1) is 0 Å². The first-order valence-electron chi connectivity index (χ1n) is 11.0. The van der Waals surface area contributed by atoms with E-state index < -0.39 is 0 Å². The van der Waals surface area contributed by atoms with Gasteiger partial charge in [-0.15, -0.1) is 6.58 Å². The van der Waals surface area contributed by atoms with Crippen molar-refractivity contribution in [3.63, 3.8) is 0 Å². The van der Waals surface area contributed by atoms with E-state index in [1.165, 1.54) is 103 Å². The summed E-state index contributed by atoms with van der Waals surface area (Å²) < 4.78 is 2.16. The molecule has 0 aliphatic carbocycles. The Balaban J connectivity index is 1.79. The molecule has 0 fully saturated rings. The molecule has 1 aromatic heterocycles. The Kier molecular flexibility index (Phi) is 14.4. The van der Waals surface area contributed by atoms with E-state index in [0.29, 0.717) is 6.04 Å². The molecule has 0 aromatic carbocycles. The van der Waals surface area contributed by atoms with Crippen molar-refractivity contribution >= 4 is 0 Å². The maximum Gasteiger partial charge on any atom is 0.0951 e. The summed E-state index contributed by atoms with van der Waals surface area (Å²) in [7, 11) is 0. The van der Waals surface area contributed by atoms with E-state index in [-0.39, 0.29) is 0 Å². The topological polar surface area (TPSA) is 17.8 Å². The standard InChI is InChI=1S/C23H42N2/c1-3-5-6-7-8-9-10-11-12-13-14-15-16-17-18-19-23(4-2)25-21-20-24-22-25/h4,20-23H,2-3,5-19H2,1H3. The quantitative estimate of drug-likeness (QED) is 0.195. The molecule has 0 saturated carbocycles. The molecule has 0 N–H and O–H groups in total. The second-order valence-electron chi connectivity index (χ2n) is 7.55. The highest BCUT2D eigenvalue weighted by Crippen LogP contribution is 2.18. The van der Waals surface area contributed by atoms with Gasteiger partial charge in [0.1, 0.15) is 0 Å². The number of hydrogen-bond donors (Lipinski definition) is 0. The van der Waals surface area contributed by atoms with Crippen LogP contribution in [0.5, 0.6) is 0 Å². The molecule has 144 valence electrons. The van der Waals surface area contributed by atoms with Gasteiger partial charge in [0, 0.05) is 12.4 Å². The van der Waals surface area contributed by atoms with Crippen LogP contribution in [0.4, 0.5) is 0 Å². The van der Waals surface area contributed by atoms with Crippen LogP contribution in [0.15, 0.2) is 31.4 Å². The van der Waals surface area contributed by atoms with E-state index in [9.17, 15) is 0 Å². The molecular formula is C23H42N2.